The number of hydrogen-bond donors (Lipinski definition) is 0. The smallest absolute Gasteiger partial charge is 0.107 e. The van der Waals surface area contributed by atoms with Crippen LogP contribution in [0.5, 0.6) is 0 Å². The summed E-state index contributed by atoms with van der Waals surface area (Å²) in [5.74, 6) is 0. The molecule has 0 spiro atoms. The molecular formula is C13H21N3S. The summed E-state index contributed by atoms with van der Waals surface area (Å²) in [6, 6.07) is 2.22. The number of hydrogen-bond acceptors (Lipinski definition) is 4. The summed E-state index contributed by atoms with van der Waals surface area (Å²) in [5.41, 5.74) is 0. The fourth-order valence-electron chi connectivity index (χ4n) is 3.19. The first-order chi connectivity index (χ1) is 8.24. The topological polar surface area (TPSA) is 19.4 Å². The highest BCUT2D eigenvalue weighted by atomic mass is 32.1. The highest BCUT2D eigenvalue weighted by molar-refractivity contribution is 7.09. The Bertz CT molecular complexity index is 349. The molecule has 2 fully saturated rings. The minimum Gasteiger partial charge on any atom is -0.298 e. The van der Waals surface area contributed by atoms with Gasteiger partial charge in [0.05, 0.1) is 6.54 Å². The van der Waals surface area contributed by atoms with Gasteiger partial charge in [0, 0.05) is 42.8 Å². The lowest BCUT2D eigenvalue weighted by atomic mass is 10.1. The minimum absolute atomic E-state index is 0.695. The van der Waals surface area contributed by atoms with E-state index in [-0.39, 0.29) is 0 Å². The molecule has 3 nitrogen and oxygen atoms in total. The van der Waals surface area contributed by atoms with Crippen LogP contribution in [-0.2, 0) is 6.54 Å². The lowest BCUT2D eigenvalue weighted by Crippen LogP contribution is -2.54. The van der Waals surface area contributed by atoms with Crippen molar-refractivity contribution in [1.29, 1.82) is 0 Å². The molecule has 3 rings (SSSR count). The zero-order valence-corrected chi connectivity index (χ0v) is 11.5. The van der Waals surface area contributed by atoms with Gasteiger partial charge in [-0.2, -0.15) is 0 Å². The highest BCUT2D eigenvalue weighted by Crippen LogP contribution is 2.32. The van der Waals surface area contributed by atoms with E-state index in [0.29, 0.717) is 6.04 Å². The summed E-state index contributed by atoms with van der Waals surface area (Å²) in [4.78, 5) is 9.76. The monoisotopic (exact) mass is 251 g/mol. The van der Waals surface area contributed by atoms with Crippen molar-refractivity contribution in [3.8, 4) is 0 Å². The molecule has 4 heteroatoms. The summed E-state index contributed by atoms with van der Waals surface area (Å²) in [5, 5.41) is 3.36. The zero-order valence-electron chi connectivity index (χ0n) is 10.7. The molecule has 94 valence electrons. The molecule has 2 unspecified atom stereocenters. The van der Waals surface area contributed by atoms with Gasteiger partial charge < -0.3 is 0 Å². The van der Waals surface area contributed by atoms with Crippen molar-refractivity contribution in [2.24, 2.45) is 0 Å². The number of fused-ring (bicyclic) bond motifs is 2. The van der Waals surface area contributed by atoms with E-state index in [9.17, 15) is 0 Å². The molecule has 17 heavy (non-hydrogen) atoms. The van der Waals surface area contributed by atoms with E-state index in [4.69, 9.17) is 0 Å². The van der Waals surface area contributed by atoms with E-state index >= 15 is 0 Å². The van der Waals surface area contributed by atoms with Crippen LogP contribution in [0.4, 0.5) is 0 Å². The minimum atomic E-state index is 0.695. The Hall–Kier alpha value is -0.450. The first-order valence-corrected chi connectivity index (χ1v) is 7.50. The summed E-state index contributed by atoms with van der Waals surface area (Å²) in [6.45, 7) is 8.20. The molecule has 1 aromatic heterocycles. The fraction of sp³-hybridized carbons (Fsp3) is 0.769. The van der Waals surface area contributed by atoms with E-state index in [1.165, 1.54) is 30.9 Å². The molecule has 2 atom stereocenters. The van der Waals surface area contributed by atoms with Crippen molar-refractivity contribution in [1.82, 2.24) is 14.8 Å². The Morgan fingerprint density at radius 2 is 2.06 bits per heavy atom. The average molecular weight is 251 g/mol. The third kappa shape index (κ3) is 2.26. The van der Waals surface area contributed by atoms with Crippen LogP contribution in [0.3, 0.4) is 0 Å². The highest BCUT2D eigenvalue weighted by Gasteiger charge is 2.40. The number of rotatable bonds is 3. The summed E-state index contributed by atoms with van der Waals surface area (Å²) >= 11 is 1.79. The van der Waals surface area contributed by atoms with Gasteiger partial charge in [-0.3, -0.25) is 9.80 Å². The molecule has 0 N–H and O–H groups in total. The Labute approximate surface area is 107 Å². The van der Waals surface area contributed by atoms with Crippen LogP contribution in [0.25, 0.3) is 0 Å². The fourth-order valence-corrected chi connectivity index (χ4v) is 3.81. The third-order valence-electron chi connectivity index (χ3n) is 4.19. The van der Waals surface area contributed by atoms with E-state index in [0.717, 1.165) is 18.6 Å². The van der Waals surface area contributed by atoms with Gasteiger partial charge in [-0.05, 0) is 26.7 Å². The number of aromatic nitrogens is 1. The Balaban J connectivity index is 1.68. The summed E-state index contributed by atoms with van der Waals surface area (Å²) in [6.07, 6.45) is 4.67. The normalized spacial score (nSPS) is 30.3. The second kappa shape index (κ2) is 4.67. The van der Waals surface area contributed by atoms with Crippen molar-refractivity contribution in [2.75, 3.05) is 13.1 Å². The number of piperazine rings is 1. The van der Waals surface area contributed by atoms with Crippen LogP contribution in [0.2, 0.25) is 0 Å². The van der Waals surface area contributed by atoms with E-state index in [1.54, 1.807) is 11.3 Å². The maximum atomic E-state index is 4.42. The van der Waals surface area contributed by atoms with Crippen LogP contribution >= 0.6 is 11.3 Å². The number of nitrogens with zero attached hydrogens (tertiary/aromatic N) is 3. The quantitative estimate of drug-likeness (QED) is 0.821. The second-order valence-corrected chi connectivity index (χ2v) is 6.51. The lowest BCUT2D eigenvalue weighted by Gasteiger charge is -2.42. The third-order valence-corrected chi connectivity index (χ3v) is 4.96. The van der Waals surface area contributed by atoms with Gasteiger partial charge in [-0.25, -0.2) is 4.98 Å². The first kappa shape index (κ1) is 11.6. The zero-order chi connectivity index (χ0) is 11.8. The van der Waals surface area contributed by atoms with Crippen molar-refractivity contribution in [3.63, 3.8) is 0 Å². The average Bonchev–Trinajstić information content (AvgIpc) is 2.86. The molecule has 2 saturated heterocycles. The molecular weight excluding hydrogens is 230 g/mol. The van der Waals surface area contributed by atoms with Crippen molar-refractivity contribution in [3.05, 3.63) is 16.6 Å². The molecule has 0 aromatic carbocycles. The van der Waals surface area contributed by atoms with Gasteiger partial charge in [0.1, 0.15) is 5.01 Å². The molecule has 1 aromatic rings. The van der Waals surface area contributed by atoms with Crippen LogP contribution in [0.1, 0.15) is 31.7 Å². The first-order valence-electron chi connectivity index (χ1n) is 6.62. The predicted molar refractivity (Wildman–Crippen MR) is 71.2 cm³/mol. The van der Waals surface area contributed by atoms with E-state index < -0.39 is 0 Å². The van der Waals surface area contributed by atoms with Crippen LogP contribution in [0, 0.1) is 0 Å². The maximum Gasteiger partial charge on any atom is 0.107 e. The lowest BCUT2D eigenvalue weighted by molar-refractivity contribution is 0.0441. The Kier molecular flexibility index (Phi) is 3.19. The van der Waals surface area contributed by atoms with Gasteiger partial charge in [0.15, 0.2) is 0 Å². The van der Waals surface area contributed by atoms with Crippen molar-refractivity contribution < 1.29 is 0 Å². The van der Waals surface area contributed by atoms with Gasteiger partial charge >= 0.3 is 0 Å². The molecule has 2 bridgehead atoms. The predicted octanol–water partition coefficient (Wildman–Crippen LogP) is 2.20. The molecule has 0 aliphatic carbocycles. The van der Waals surface area contributed by atoms with Gasteiger partial charge in [0.2, 0.25) is 0 Å². The Morgan fingerprint density at radius 3 is 2.59 bits per heavy atom. The summed E-state index contributed by atoms with van der Waals surface area (Å²) < 4.78 is 0. The van der Waals surface area contributed by atoms with Crippen LogP contribution in [-0.4, -0.2) is 46.0 Å². The van der Waals surface area contributed by atoms with Gasteiger partial charge in [-0.1, -0.05) is 0 Å². The van der Waals surface area contributed by atoms with Gasteiger partial charge in [-0.15, -0.1) is 11.3 Å². The standard InChI is InChI=1S/C13H21N3S/c1-10(2)15-7-11-3-4-12(8-15)16(11)9-13-14-5-6-17-13/h5-6,10-12H,3-4,7-9H2,1-2H3. The van der Waals surface area contributed by atoms with Crippen LogP contribution in [0.15, 0.2) is 11.6 Å². The van der Waals surface area contributed by atoms with E-state index in [2.05, 4.69) is 34.0 Å². The molecule has 3 heterocycles. The summed E-state index contributed by atoms with van der Waals surface area (Å²) in [7, 11) is 0. The molecule has 0 saturated carbocycles. The number of thiazole rings is 1. The molecule has 2 aliphatic rings. The maximum absolute atomic E-state index is 4.42. The number of likely N-dealkylation sites (tertiary alicyclic amines) is 1. The molecule has 0 radical (unpaired) electrons. The van der Waals surface area contributed by atoms with Gasteiger partial charge in [0.25, 0.3) is 0 Å². The molecule has 0 amide bonds. The van der Waals surface area contributed by atoms with Crippen molar-refractivity contribution in [2.45, 2.75) is 51.4 Å². The van der Waals surface area contributed by atoms with E-state index in [1.807, 2.05) is 6.20 Å². The largest absolute Gasteiger partial charge is 0.298 e. The second-order valence-electron chi connectivity index (χ2n) is 5.53. The van der Waals surface area contributed by atoms with Crippen molar-refractivity contribution >= 4 is 11.3 Å². The molecule has 2 aliphatic heterocycles. The van der Waals surface area contributed by atoms with Crippen LogP contribution < -0.4 is 0 Å². The SMILES string of the molecule is CC(C)N1CC2CCC(C1)N2Cc1nccs1. The Morgan fingerprint density at radius 1 is 1.35 bits per heavy atom.